The standard InChI is InChI=1S/C23H27F2N3O3/c1-6-28(22(29)31-23(3,4)5)15(2)16-8-7-9-17(12-16)18-13-19(30-21(24)25)20-26-10-11-27(20)14-18/h7-15,21H,6H2,1-5H3/t15-/m1/s1. The van der Waals surface area contributed by atoms with E-state index in [9.17, 15) is 13.6 Å². The van der Waals surface area contributed by atoms with Crippen molar-refractivity contribution in [1.82, 2.24) is 14.3 Å². The lowest BCUT2D eigenvalue weighted by Gasteiger charge is -2.31. The number of imidazole rings is 1. The third kappa shape index (κ3) is 5.31. The summed E-state index contributed by atoms with van der Waals surface area (Å²) >= 11 is 0. The van der Waals surface area contributed by atoms with Crippen LogP contribution in [-0.2, 0) is 4.74 Å². The second-order valence-electron chi connectivity index (χ2n) is 8.20. The van der Waals surface area contributed by atoms with Gasteiger partial charge in [-0.25, -0.2) is 9.78 Å². The number of amides is 1. The van der Waals surface area contributed by atoms with E-state index >= 15 is 0 Å². The molecule has 1 aromatic carbocycles. The number of fused-ring (bicyclic) bond motifs is 1. The Bertz CT molecular complexity index is 1060. The molecule has 8 heteroatoms. The van der Waals surface area contributed by atoms with Gasteiger partial charge in [-0.15, -0.1) is 0 Å². The average molecular weight is 431 g/mol. The normalized spacial score (nSPS) is 12.8. The Balaban J connectivity index is 1.95. The van der Waals surface area contributed by atoms with Crippen LogP contribution < -0.4 is 4.74 Å². The largest absolute Gasteiger partial charge is 0.444 e. The second-order valence-corrected chi connectivity index (χ2v) is 8.20. The van der Waals surface area contributed by atoms with Crippen LogP contribution in [0.5, 0.6) is 5.75 Å². The molecule has 0 fully saturated rings. The first-order valence-corrected chi connectivity index (χ1v) is 10.1. The van der Waals surface area contributed by atoms with Crippen molar-refractivity contribution in [1.29, 1.82) is 0 Å². The van der Waals surface area contributed by atoms with Crippen molar-refractivity contribution in [2.24, 2.45) is 0 Å². The molecule has 2 aromatic heterocycles. The van der Waals surface area contributed by atoms with E-state index in [-0.39, 0.29) is 17.9 Å². The van der Waals surface area contributed by atoms with E-state index in [1.165, 1.54) is 6.20 Å². The number of pyridine rings is 1. The number of carbonyl (C=O) groups is 1. The first-order chi connectivity index (χ1) is 14.6. The van der Waals surface area contributed by atoms with Gasteiger partial charge in [0.15, 0.2) is 11.4 Å². The van der Waals surface area contributed by atoms with Crippen molar-refractivity contribution in [3.63, 3.8) is 0 Å². The highest BCUT2D eigenvalue weighted by Crippen LogP contribution is 2.31. The SMILES string of the molecule is CCN(C(=O)OC(C)(C)C)[C@H](C)c1cccc(-c2cc(OC(F)F)c3nccn3c2)c1. The summed E-state index contributed by atoms with van der Waals surface area (Å²) in [7, 11) is 0. The lowest BCUT2D eigenvalue weighted by Crippen LogP contribution is -2.38. The monoisotopic (exact) mass is 431 g/mol. The fourth-order valence-electron chi connectivity index (χ4n) is 3.38. The zero-order valence-corrected chi connectivity index (χ0v) is 18.3. The summed E-state index contributed by atoms with van der Waals surface area (Å²) in [5.74, 6) is -0.000101. The lowest BCUT2D eigenvalue weighted by atomic mass is 10.0. The highest BCUT2D eigenvalue weighted by molar-refractivity contribution is 5.71. The summed E-state index contributed by atoms with van der Waals surface area (Å²) < 4.78 is 37.6. The molecule has 166 valence electrons. The molecule has 1 atom stereocenters. The van der Waals surface area contributed by atoms with E-state index < -0.39 is 12.2 Å². The van der Waals surface area contributed by atoms with Crippen LogP contribution in [0, 0.1) is 0 Å². The minimum Gasteiger partial charge on any atom is -0.444 e. The Morgan fingerprint density at radius 3 is 2.61 bits per heavy atom. The van der Waals surface area contributed by atoms with Gasteiger partial charge in [0.1, 0.15) is 5.60 Å². The Morgan fingerprint density at radius 1 is 1.23 bits per heavy atom. The lowest BCUT2D eigenvalue weighted by molar-refractivity contribution is -0.0491. The zero-order chi connectivity index (χ0) is 22.8. The molecule has 0 aliphatic carbocycles. The number of carbonyl (C=O) groups excluding carboxylic acids is 1. The number of rotatable bonds is 6. The van der Waals surface area contributed by atoms with Crippen LogP contribution in [0.4, 0.5) is 13.6 Å². The van der Waals surface area contributed by atoms with Crippen LogP contribution in [0.25, 0.3) is 16.8 Å². The number of nitrogens with zero attached hydrogens (tertiary/aromatic N) is 3. The Morgan fingerprint density at radius 2 is 1.97 bits per heavy atom. The highest BCUT2D eigenvalue weighted by atomic mass is 19.3. The third-order valence-corrected chi connectivity index (χ3v) is 4.81. The van der Waals surface area contributed by atoms with Crippen LogP contribution in [0.15, 0.2) is 48.9 Å². The molecule has 0 saturated heterocycles. The predicted molar refractivity (Wildman–Crippen MR) is 114 cm³/mol. The first kappa shape index (κ1) is 22.5. The average Bonchev–Trinajstić information content (AvgIpc) is 3.15. The molecule has 6 nitrogen and oxygen atoms in total. The van der Waals surface area contributed by atoms with Gasteiger partial charge in [0, 0.05) is 30.7 Å². The number of aromatic nitrogens is 2. The molecule has 2 heterocycles. The van der Waals surface area contributed by atoms with E-state index in [1.54, 1.807) is 27.8 Å². The molecule has 31 heavy (non-hydrogen) atoms. The van der Waals surface area contributed by atoms with Crippen LogP contribution in [0.3, 0.4) is 0 Å². The molecule has 0 aliphatic heterocycles. The minimum absolute atomic E-state index is 0.000101. The van der Waals surface area contributed by atoms with E-state index in [0.29, 0.717) is 17.8 Å². The molecule has 0 unspecified atom stereocenters. The number of ether oxygens (including phenoxy) is 2. The number of halogens is 2. The van der Waals surface area contributed by atoms with Crippen LogP contribution in [0.1, 0.15) is 46.2 Å². The molecule has 0 saturated carbocycles. The fraction of sp³-hybridized carbons (Fsp3) is 0.391. The summed E-state index contributed by atoms with van der Waals surface area (Å²) in [6.45, 7) is 6.84. The van der Waals surface area contributed by atoms with Gasteiger partial charge in [-0.3, -0.25) is 0 Å². The molecule has 0 N–H and O–H groups in total. The van der Waals surface area contributed by atoms with Crippen LogP contribution in [0.2, 0.25) is 0 Å². The Labute approximate surface area is 180 Å². The van der Waals surface area contributed by atoms with E-state index in [0.717, 1.165) is 11.1 Å². The quantitative estimate of drug-likeness (QED) is 0.486. The van der Waals surface area contributed by atoms with Crippen molar-refractivity contribution < 1.29 is 23.0 Å². The molecule has 0 bridgehead atoms. The van der Waals surface area contributed by atoms with E-state index in [2.05, 4.69) is 9.72 Å². The maximum absolute atomic E-state index is 12.9. The van der Waals surface area contributed by atoms with E-state index in [1.807, 2.05) is 58.9 Å². The fourth-order valence-corrected chi connectivity index (χ4v) is 3.38. The van der Waals surface area contributed by atoms with Crippen LogP contribution in [-0.4, -0.2) is 39.1 Å². The van der Waals surface area contributed by atoms with Crippen molar-refractivity contribution in [3.05, 3.63) is 54.5 Å². The van der Waals surface area contributed by atoms with Gasteiger partial charge < -0.3 is 18.8 Å². The molecule has 3 rings (SSSR count). The molecule has 1 amide bonds. The highest BCUT2D eigenvalue weighted by Gasteiger charge is 2.26. The van der Waals surface area contributed by atoms with Gasteiger partial charge in [-0.05, 0) is 57.9 Å². The van der Waals surface area contributed by atoms with Gasteiger partial charge in [0.05, 0.1) is 6.04 Å². The Hall–Kier alpha value is -3.16. The summed E-state index contributed by atoms with van der Waals surface area (Å²) in [6.07, 6.45) is 4.61. The molecule has 3 aromatic rings. The van der Waals surface area contributed by atoms with Crippen molar-refractivity contribution in [3.8, 4) is 16.9 Å². The first-order valence-electron chi connectivity index (χ1n) is 10.1. The maximum atomic E-state index is 12.9. The number of hydrogen-bond donors (Lipinski definition) is 0. The number of benzene rings is 1. The minimum atomic E-state index is -2.95. The zero-order valence-electron chi connectivity index (χ0n) is 18.3. The Kier molecular flexibility index (Phi) is 6.48. The molecular formula is C23H27F2N3O3. The predicted octanol–water partition coefficient (Wildman–Crippen LogP) is 5.92. The molecular weight excluding hydrogens is 404 g/mol. The summed E-state index contributed by atoms with van der Waals surface area (Å²) in [4.78, 5) is 18.4. The summed E-state index contributed by atoms with van der Waals surface area (Å²) in [5.41, 5.74) is 2.12. The van der Waals surface area contributed by atoms with Gasteiger partial charge in [-0.2, -0.15) is 8.78 Å². The maximum Gasteiger partial charge on any atom is 0.410 e. The second kappa shape index (κ2) is 8.91. The van der Waals surface area contributed by atoms with Gasteiger partial charge >= 0.3 is 12.7 Å². The molecule has 0 aliphatic rings. The van der Waals surface area contributed by atoms with Crippen molar-refractivity contribution >= 4 is 11.7 Å². The van der Waals surface area contributed by atoms with Gasteiger partial charge in [-0.1, -0.05) is 18.2 Å². The van der Waals surface area contributed by atoms with E-state index in [4.69, 9.17) is 4.74 Å². The number of alkyl halides is 2. The molecule has 0 radical (unpaired) electrons. The van der Waals surface area contributed by atoms with Gasteiger partial charge in [0.25, 0.3) is 0 Å². The van der Waals surface area contributed by atoms with Crippen molar-refractivity contribution in [2.75, 3.05) is 6.54 Å². The topological polar surface area (TPSA) is 56.1 Å². The van der Waals surface area contributed by atoms with Crippen molar-refractivity contribution in [2.45, 2.75) is 52.9 Å². The number of hydrogen-bond acceptors (Lipinski definition) is 4. The van der Waals surface area contributed by atoms with Crippen LogP contribution >= 0.6 is 0 Å². The summed E-state index contributed by atoms with van der Waals surface area (Å²) in [5, 5.41) is 0. The molecule has 0 spiro atoms. The van der Waals surface area contributed by atoms with Gasteiger partial charge in [0.2, 0.25) is 0 Å². The summed E-state index contributed by atoms with van der Waals surface area (Å²) in [6, 6.07) is 8.91. The third-order valence-electron chi connectivity index (χ3n) is 4.81. The smallest absolute Gasteiger partial charge is 0.410 e.